The molecule has 1 atom stereocenters. The van der Waals surface area contributed by atoms with Crippen molar-refractivity contribution < 1.29 is 9.53 Å². The van der Waals surface area contributed by atoms with Crippen LogP contribution in [0, 0.1) is 0 Å². The van der Waals surface area contributed by atoms with Crippen molar-refractivity contribution >= 4 is 5.91 Å². The Bertz CT molecular complexity index is 595. The maximum atomic E-state index is 12.2. The lowest BCUT2D eigenvalue weighted by molar-refractivity contribution is -0.128. The summed E-state index contributed by atoms with van der Waals surface area (Å²) in [6, 6.07) is 7.35. The number of hydrogen-bond donors (Lipinski definition) is 2. The van der Waals surface area contributed by atoms with E-state index >= 15 is 0 Å². The third kappa shape index (κ3) is 2.94. The van der Waals surface area contributed by atoms with Gasteiger partial charge in [0.1, 0.15) is 16.9 Å². The number of fused-ring (bicyclic) bond motifs is 1. The molecular formula is C14H19N5O2. The van der Waals surface area contributed by atoms with E-state index in [4.69, 9.17) is 16.0 Å². The number of azide groups is 1. The van der Waals surface area contributed by atoms with Gasteiger partial charge in [-0.2, -0.15) is 0 Å². The van der Waals surface area contributed by atoms with E-state index in [1.54, 1.807) is 0 Å². The van der Waals surface area contributed by atoms with Crippen LogP contribution in [0.5, 0.6) is 5.75 Å². The summed E-state index contributed by atoms with van der Waals surface area (Å²) < 4.78 is 5.92. The molecule has 1 amide bonds. The smallest absolute Gasteiger partial charge is 0.242 e. The SMILES string of the molecule is CC1(C)CC(NCCN=[N+]=[N-])(C(N)=O)c2ccccc2O1. The Kier molecular flexibility index (Phi) is 4.06. The lowest BCUT2D eigenvalue weighted by Crippen LogP contribution is -2.59. The summed E-state index contributed by atoms with van der Waals surface area (Å²) in [5.41, 5.74) is 13.2. The minimum atomic E-state index is -1.02. The molecule has 0 bridgehead atoms. The zero-order valence-corrected chi connectivity index (χ0v) is 12.2. The lowest BCUT2D eigenvalue weighted by atomic mass is 9.77. The normalized spacial score (nSPS) is 22.6. The predicted octanol–water partition coefficient (Wildman–Crippen LogP) is 1.83. The van der Waals surface area contributed by atoms with Crippen LogP contribution < -0.4 is 15.8 Å². The van der Waals surface area contributed by atoms with Gasteiger partial charge in [0.2, 0.25) is 5.91 Å². The van der Waals surface area contributed by atoms with Gasteiger partial charge in [-0.15, -0.1) is 0 Å². The molecule has 7 nitrogen and oxygen atoms in total. The molecule has 1 aromatic carbocycles. The molecule has 2 rings (SSSR count). The fourth-order valence-electron chi connectivity index (χ4n) is 2.80. The molecule has 1 aliphatic heterocycles. The van der Waals surface area contributed by atoms with E-state index in [0.717, 1.165) is 5.56 Å². The topological polar surface area (TPSA) is 113 Å². The first-order valence-electron chi connectivity index (χ1n) is 6.76. The van der Waals surface area contributed by atoms with Crippen LogP contribution in [0.15, 0.2) is 29.4 Å². The van der Waals surface area contributed by atoms with Gasteiger partial charge in [0.25, 0.3) is 0 Å². The Morgan fingerprint density at radius 3 is 2.90 bits per heavy atom. The average Bonchev–Trinajstić information content (AvgIpc) is 2.42. The van der Waals surface area contributed by atoms with Crippen LogP contribution in [0.3, 0.4) is 0 Å². The summed E-state index contributed by atoms with van der Waals surface area (Å²) in [6.07, 6.45) is 0.405. The molecule has 7 heteroatoms. The summed E-state index contributed by atoms with van der Waals surface area (Å²) in [6.45, 7) is 4.43. The van der Waals surface area contributed by atoms with Crippen LogP contribution in [0.2, 0.25) is 0 Å². The van der Waals surface area contributed by atoms with Gasteiger partial charge in [-0.1, -0.05) is 23.3 Å². The molecule has 21 heavy (non-hydrogen) atoms. The monoisotopic (exact) mass is 289 g/mol. The summed E-state index contributed by atoms with van der Waals surface area (Å²) in [7, 11) is 0. The van der Waals surface area contributed by atoms with Crippen molar-refractivity contribution in [2.75, 3.05) is 13.1 Å². The number of nitrogens with one attached hydrogen (secondary N) is 1. The number of nitrogens with zero attached hydrogens (tertiary/aromatic N) is 3. The molecule has 1 heterocycles. The summed E-state index contributed by atoms with van der Waals surface area (Å²) in [4.78, 5) is 14.9. The number of carbonyl (C=O) groups is 1. The van der Waals surface area contributed by atoms with Gasteiger partial charge in [0, 0.05) is 30.0 Å². The van der Waals surface area contributed by atoms with Crippen molar-refractivity contribution in [2.45, 2.75) is 31.4 Å². The first kappa shape index (κ1) is 15.2. The van der Waals surface area contributed by atoms with Gasteiger partial charge in [0.05, 0.1) is 0 Å². The van der Waals surface area contributed by atoms with Crippen molar-refractivity contribution in [2.24, 2.45) is 10.8 Å². The Morgan fingerprint density at radius 1 is 1.52 bits per heavy atom. The first-order chi connectivity index (χ1) is 9.91. The number of hydrogen-bond acceptors (Lipinski definition) is 4. The zero-order valence-electron chi connectivity index (χ0n) is 12.2. The highest BCUT2D eigenvalue weighted by Gasteiger charge is 2.48. The Balaban J connectivity index is 2.43. The van der Waals surface area contributed by atoms with Gasteiger partial charge in [0.15, 0.2) is 0 Å². The highest BCUT2D eigenvalue weighted by Crippen LogP contribution is 2.43. The molecule has 0 saturated heterocycles. The van der Waals surface area contributed by atoms with Crippen molar-refractivity contribution in [3.8, 4) is 5.75 Å². The van der Waals surface area contributed by atoms with E-state index in [1.165, 1.54) is 0 Å². The van der Waals surface area contributed by atoms with E-state index in [0.29, 0.717) is 18.7 Å². The van der Waals surface area contributed by atoms with Crippen LogP contribution in [0.4, 0.5) is 0 Å². The molecular weight excluding hydrogens is 270 g/mol. The Morgan fingerprint density at radius 2 is 2.24 bits per heavy atom. The summed E-state index contributed by atoms with van der Waals surface area (Å²) in [5.74, 6) is 0.177. The molecule has 1 aromatic rings. The quantitative estimate of drug-likeness (QED) is 0.373. The van der Waals surface area contributed by atoms with Gasteiger partial charge in [-0.25, -0.2) is 0 Å². The fraction of sp³-hybridized carbons (Fsp3) is 0.500. The molecule has 0 spiro atoms. The van der Waals surface area contributed by atoms with Crippen LogP contribution in [0.25, 0.3) is 10.4 Å². The minimum absolute atomic E-state index is 0.245. The number of amides is 1. The second-order valence-electron chi connectivity index (χ2n) is 5.69. The molecule has 1 aliphatic rings. The number of carbonyl (C=O) groups excluding carboxylic acids is 1. The molecule has 112 valence electrons. The lowest BCUT2D eigenvalue weighted by Gasteiger charge is -2.44. The van der Waals surface area contributed by atoms with Gasteiger partial charge in [-0.05, 0) is 25.4 Å². The maximum Gasteiger partial charge on any atom is 0.242 e. The summed E-state index contributed by atoms with van der Waals surface area (Å²) in [5, 5.41) is 6.64. The van der Waals surface area contributed by atoms with Crippen LogP contribution >= 0.6 is 0 Å². The molecule has 1 unspecified atom stereocenters. The van der Waals surface area contributed by atoms with Gasteiger partial charge in [-0.3, -0.25) is 10.1 Å². The first-order valence-corrected chi connectivity index (χ1v) is 6.76. The Hall–Kier alpha value is -2.24. The number of nitrogens with two attached hydrogens (primary N) is 1. The highest BCUT2D eigenvalue weighted by atomic mass is 16.5. The number of ether oxygens (including phenoxy) is 1. The molecule has 0 saturated carbocycles. The van der Waals surface area contributed by atoms with Crippen LogP contribution in [0.1, 0.15) is 25.8 Å². The minimum Gasteiger partial charge on any atom is -0.487 e. The number of primary amides is 1. The molecule has 3 N–H and O–H groups in total. The third-order valence-corrected chi connectivity index (χ3v) is 3.55. The van der Waals surface area contributed by atoms with Crippen molar-refractivity contribution in [1.29, 1.82) is 0 Å². The molecule has 0 fully saturated rings. The van der Waals surface area contributed by atoms with Crippen molar-refractivity contribution in [3.63, 3.8) is 0 Å². The van der Waals surface area contributed by atoms with E-state index < -0.39 is 17.0 Å². The van der Waals surface area contributed by atoms with E-state index in [9.17, 15) is 4.79 Å². The van der Waals surface area contributed by atoms with Crippen molar-refractivity contribution in [3.05, 3.63) is 40.3 Å². The van der Waals surface area contributed by atoms with Crippen molar-refractivity contribution in [1.82, 2.24) is 5.32 Å². The molecule has 0 aliphatic carbocycles. The molecule has 0 radical (unpaired) electrons. The standard InChI is InChI=1S/C14H19N5O2/c1-13(2)9-14(12(15)20,17-7-8-18-19-16)10-5-3-4-6-11(10)21-13/h3-6,17H,7-9H2,1-2H3,(H2,15,20). The second-order valence-corrected chi connectivity index (χ2v) is 5.69. The van der Waals surface area contributed by atoms with Gasteiger partial charge < -0.3 is 10.5 Å². The van der Waals surface area contributed by atoms with Crippen LogP contribution in [-0.4, -0.2) is 24.6 Å². The van der Waals surface area contributed by atoms with Crippen LogP contribution in [-0.2, 0) is 10.3 Å². The number of benzene rings is 1. The fourth-order valence-corrected chi connectivity index (χ4v) is 2.80. The van der Waals surface area contributed by atoms with E-state index in [1.807, 2.05) is 38.1 Å². The maximum absolute atomic E-state index is 12.2. The average molecular weight is 289 g/mol. The largest absolute Gasteiger partial charge is 0.487 e. The van der Waals surface area contributed by atoms with E-state index in [2.05, 4.69) is 15.3 Å². The molecule has 0 aromatic heterocycles. The third-order valence-electron chi connectivity index (χ3n) is 3.55. The van der Waals surface area contributed by atoms with E-state index in [-0.39, 0.29) is 6.54 Å². The Labute approximate surface area is 123 Å². The highest BCUT2D eigenvalue weighted by molar-refractivity contribution is 5.87. The summed E-state index contributed by atoms with van der Waals surface area (Å²) >= 11 is 0. The van der Waals surface area contributed by atoms with Gasteiger partial charge >= 0.3 is 0 Å². The second kappa shape index (κ2) is 5.63. The number of para-hydroxylation sites is 1. The predicted molar refractivity (Wildman–Crippen MR) is 78.7 cm³/mol. The number of rotatable bonds is 5. The zero-order chi connectivity index (χ0) is 15.5.